The first-order valence-electron chi connectivity index (χ1n) is 9.07. The molecule has 0 bridgehead atoms. The van der Waals surface area contributed by atoms with E-state index in [9.17, 15) is 0 Å². The highest BCUT2D eigenvalue weighted by Gasteiger charge is 2.24. The van der Waals surface area contributed by atoms with Gasteiger partial charge in [0.05, 0.1) is 11.4 Å². The van der Waals surface area contributed by atoms with Crippen LogP contribution in [-0.4, -0.2) is 26.2 Å². The van der Waals surface area contributed by atoms with Crippen molar-refractivity contribution in [1.82, 2.24) is 0 Å². The van der Waals surface area contributed by atoms with Gasteiger partial charge < -0.3 is 14.5 Å². The minimum atomic E-state index is 0.851. The number of nitrogens with zero attached hydrogens (tertiary/aromatic N) is 3. The van der Waals surface area contributed by atoms with Crippen LogP contribution in [-0.2, 0) is 0 Å². The van der Waals surface area contributed by atoms with Crippen LogP contribution in [0.3, 0.4) is 0 Å². The first kappa shape index (κ1) is 17.8. The Kier molecular flexibility index (Phi) is 5.33. The molecule has 1 aliphatic heterocycles. The van der Waals surface area contributed by atoms with Gasteiger partial charge in [-0.2, -0.15) is 0 Å². The summed E-state index contributed by atoms with van der Waals surface area (Å²) >= 11 is 4.71. The number of ether oxygens (including phenoxy) is 1. The van der Waals surface area contributed by atoms with Crippen molar-refractivity contribution in [1.29, 1.82) is 0 Å². The van der Waals surface area contributed by atoms with E-state index in [1.54, 1.807) is 0 Å². The Bertz CT molecular complexity index is 680. The molecule has 1 aliphatic rings. The summed E-state index contributed by atoms with van der Waals surface area (Å²) in [7, 11) is 0. The standard InChI is InChI=1S/C20H27N3OS/c1-5-21(6-2)15-9-11-17-19(13-15)24-20-14-16(22(7-3)8-4)10-12-18(20)23(17)25/h9-14,25H,5-8H2,1-4H3. The van der Waals surface area contributed by atoms with Crippen molar-refractivity contribution in [3.05, 3.63) is 36.4 Å². The first-order chi connectivity index (χ1) is 12.1. The van der Waals surface area contributed by atoms with Crippen molar-refractivity contribution < 1.29 is 4.74 Å². The van der Waals surface area contributed by atoms with Gasteiger partial charge in [0.15, 0.2) is 11.5 Å². The minimum Gasteiger partial charge on any atom is -0.453 e. The number of hydrogen-bond acceptors (Lipinski definition) is 5. The van der Waals surface area contributed by atoms with Crippen molar-refractivity contribution in [2.24, 2.45) is 0 Å². The largest absolute Gasteiger partial charge is 0.453 e. The highest BCUT2D eigenvalue weighted by Crippen LogP contribution is 2.49. The van der Waals surface area contributed by atoms with E-state index in [1.165, 1.54) is 11.4 Å². The molecule has 0 saturated carbocycles. The predicted molar refractivity (Wildman–Crippen MR) is 111 cm³/mol. The molecule has 0 radical (unpaired) electrons. The lowest BCUT2D eigenvalue weighted by molar-refractivity contribution is 0.478. The SMILES string of the molecule is CCN(CC)c1ccc2c(c1)Oc1cc(N(CC)CC)ccc1N2S. The normalized spacial score (nSPS) is 12.3. The molecule has 1 heterocycles. The van der Waals surface area contributed by atoms with Gasteiger partial charge in [-0.25, -0.2) is 0 Å². The molecule has 0 fully saturated rings. The van der Waals surface area contributed by atoms with Gasteiger partial charge in [-0.05, 0) is 52.0 Å². The van der Waals surface area contributed by atoms with E-state index in [2.05, 4.69) is 73.9 Å². The molecule has 4 nitrogen and oxygen atoms in total. The van der Waals surface area contributed by atoms with E-state index in [-0.39, 0.29) is 0 Å². The van der Waals surface area contributed by atoms with Gasteiger partial charge in [-0.3, -0.25) is 4.31 Å². The second-order valence-electron chi connectivity index (χ2n) is 6.06. The van der Waals surface area contributed by atoms with Gasteiger partial charge in [0, 0.05) is 49.7 Å². The highest BCUT2D eigenvalue weighted by molar-refractivity contribution is 7.82. The Labute approximate surface area is 156 Å². The topological polar surface area (TPSA) is 19.0 Å². The molecule has 2 aromatic rings. The van der Waals surface area contributed by atoms with Crippen LogP contribution in [0.5, 0.6) is 11.5 Å². The first-order valence-corrected chi connectivity index (χ1v) is 9.47. The number of rotatable bonds is 6. The van der Waals surface area contributed by atoms with Gasteiger partial charge in [-0.1, -0.05) is 12.8 Å². The summed E-state index contributed by atoms with van der Waals surface area (Å²) in [4.78, 5) is 4.63. The van der Waals surface area contributed by atoms with E-state index < -0.39 is 0 Å². The maximum atomic E-state index is 6.26. The fourth-order valence-electron chi connectivity index (χ4n) is 3.34. The number of hydrogen-bond donors (Lipinski definition) is 1. The Hall–Kier alpha value is -2.01. The number of fused-ring (bicyclic) bond motifs is 2. The number of anilines is 4. The zero-order valence-corrected chi connectivity index (χ0v) is 16.4. The summed E-state index contributed by atoms with van der Waals surface area (Å²) in [5.41, 5.74) is 4.30. The van der Waals surface area contributed by atoms with Crippen LogP contribution in [0.25, 0.3) is 0 Å². The van der Waals surface area contributed by atoms with Crippen molar-refractivity contribution in [2.75, 3.05) is 40.3 Å². The van der Waals surface area contributed by atoms with Gasteiger partial charge in [0.2, 0.25) is 0 Å². The van der Waals surface area contributed by atoms with Crippen molar-refractivity contribution >= 4 is 35.6 Å². The van der Waals surface area contributed by atoms with Gasteiger partial charge in [0.1, 0.15) is 0 Å². The molecule has 3 rings (SSSR count). The lowest BCUT2D eigenvalue weighted by Gasteiger charge is -2.31. The van der Waals surface area contributed by atoms with Crippen LogP contribution in [0.1, 0.15) is 27.7 Å². The molecule has 134 valence electrons. The number of thiol groups is 1. The van der Waals surface area contributed by atoms with Crippen LogP contribution in [0.15, 0.2) is 36.4 Å². The minimum absolute atomic E-state index is 0.851. The molecule has 0 unspecified atom stereocenters. The van der Waals surface area contributed by atoms with Crippen molar-refractivity contribution in [2.45, 2.75) is 27.7 Å². The van der Waals surface area contributed by atoms with Crippen molar-refractivity contribution in [3.63, 3.8) is 0 Å². The smallest absolute Gasteiger partial charge is 0.154 e. The molecule has 5 heteroatoms. The van der Waals surface area contributed by atoms with Crippen LogP contribution in [0.4, 0.5) is 22.7 Å². The Morgan fingerprint density at radius 1 is 0.760 bits per heavy atom. The summed E-state index contributed by atoms with van der Waals surface area (Å²) in [6.45, 7) is 12.6. The van der Waals surface area contributed by atoms with Gasteiger partial charge >= 0.3 is 0 Å². The van der Waals surface area contributed by atoms with E-state index in [0.717, 1.165) is 49.1 Å². The zero-order chi connectivity index (χ0) is 18.0. The Morgan fingerprint density at radius 3 is 1.52 bits per heavy atom. The molecule has 0 aliphatic carbocycles. The second kappa shape index (κ2) is 7.48. The van der Waals surface area contributed by atoms with E-state index in [0.29, 0.717) is 0 Å². The molecule has 0 spiro atoms. The molecule has 0 atom stereocenters. The fraction of sp³-hybridized carbons (Fsp3) is 0.400. The summed E-state index contributed by atoms with van der Waals surface area (Å²) in [6, 6.07) is 12.6. The molecule has 0 N–H and O–H groups in total. The van der Waals surface area contributed by atoms with E-state index in [4.69, 9.17) is 17.6 Å². The lowest BCUT2D eigenvalue weighted by Crippen LogP contribution is -2.22. The maximum absolute atomic E-state index is 6.26. The van der Waals surface area contributed by atoms with Crippen LogP contribution < -0.4 is 18.8 Å². The molecule has 0 saturated heterocycles. The Morgan fingerprint density at radius 2 is 1.16 bits per heavy atom. The summed E-state index contributed by atoms with van der Waals surface area (Å²) in [5.74, 6) is 1.70. The van der Waals surface area contributed by atoms with E-state index in [1.807, 2.05) is 4.31 Å². The average Bonchev–Trinajstić information content (AvgIpc) is 2.63. The molecular formula is C20H27N3OS. The third kappa shape index (κ3) is 3.25. The number of benzene rings is 2. The zero-order valence-electron chi connectivity index (χ0n) is 15.5. The highest BCUT2D eigenvalue weighted by atomic mass is 32.1. The monoisotopic (exact) mass is 357 g/mol. The average molecular weight is 358 g/mol. The molecule has 25 heavy (non-hydrogen) atoms. The summed E-state index contributed by atoms with van der Waals surface area (Å²) < 4.78 is 8.17. The van der Waals surface area contributed by atoms with Crippen molar-refractivity contribution in [3.8, 4) is 11.5 Å². The molecule has 0 aromatic heterocycles. The predicted octanol–water partition coefficient (Wildman–Crippen LogP) is 5.47. The van der Waals surface area contributed by atoms with Gasteiger partial charge in [-0.15, -0.1) is 0 Å². The quantitative estimate of drug-likeness (QED) is 0.691. The lowest BCUT2D eigenvalue weighted by atomic mass is 10.1. The summed E-state index contributed by atoms with van der Waals surface area (Å²) in [5, 5.41) is 0. The summed E-state index contributed by atoms with van der Waals surface area (Å²) in [6.07, 6.45) is 0. The van der Waals surface area contributed by atoms with Crippen LogP contribution >= 0.6 is 12.8 Å². The maximum Gasteiger partial charge on any atom is 0.154 e. The Balaban J connectivity index is 1.98. The third-order valence-electron chi connectivity index (χ3n) is 4.82. The van der Waals surface area contributed by atoms with Crippen LogP contribution in [0, 0.1) is 0 Å². The second-order valence-corrected chi connectivity index (χ2v) is 6.46. The van der Waals surface area contributed by atoms with Crippen LogP contribution in [0.2, 0.25) is 0 Å². The molecule has 0 amide bonds. The molecule has 2 aromatic carbocycles. The van der Waals surface area contributed by atoms with Gasteiger partial charge in [0.25, 0.3) is 0 Å². The third-order valence-corrected chi connectivity index (χ3v) is 5.25. The molecular weight excluding hydrogens is 330 g/mol. The van der Waals surface area contributed by atoms with E-state index >= 15 is 0 Å². The fourth-order valence-corrected chi connectivity index (χ4v) is 3.67.